The number of hydrogen-bond acceptors (Lipinski definition) is 4. The molecule has 0 spiro atoms. The van der Waals surface area contributed by atoms with Crippen LogP contribution in [0.4, 0.5) is 5.69 Å². The summed E-state index contributed by atoms with van der Waals surface area (Å²) >= 11 is 3.39. The topological polar surface area (TPSA) is 100 Å². The van der Waals surface area contributed by atoms with Crippen molar-refractivity contribution in [3.63, 3.8) is 0 Å². The van der Waals surface area contributed by atoms with E-state index >= 15 is 0 Å². The molecule has 8 heteroatoms. The van der Waals surface area contributed by atoms with E-state index in [0.717, 1.165) is 27.7 Å². The van der Waals surface area contributed by atoms with Gasteiger partial charge in [0, 0.05) is 16.6 Å². The molecule has 7 nitrogen and oxygen atoms in total. The zero-order valence-corrected chi connectivity index (χ0v) is 18.4. The van der Waals surface area contributed by atoms with Gasteiger partial charge in [-0.25, -0.2) is 4.79 Å². The Kier molecular flexibility index (Phi) is 6.56. The Bertz CT molecular complexity index is 1100. The number of fused-ring (bicyclic) bond motifs is 1. The van der Waals surface area contributed by atoms with Crippen molar-refractivity contribution in [3.8, 4) is 0 Å². The van der Waals surface area contributed by atoms with Crippen molar-refractivity contribution in [3.05, 3.63) is 63.8 Å². The maximum atomic E-state index is 12.5. The van der Waals surface area contributed by atoms with Crippen molar-refractivity contribution in [1.29, 1.82) is 0 Å². The molecule has 3 N–H and O–H groups in total. The van der Waals surface area contributed by atoms with E-state index < -0.39 is 18.0 Å². The van der Waals surface area contributed by atoms with Gasteiger partial charge in [0.15, 0.2) is 6.10 Å². The molecule has 0 aliphatic rings. The number of aromatic amines is 1. The Labute approximate surface area is 182 Å². The summed E-state index contributed by atoms with van der Waals surface area (Å²) < 4.78 is 5.83. The minimum atomic E-state index is -1.07. The number of nitrogens with one attached hydrogen (secondary N) is 3. The van der Waals surface area contributed by atoms with Crippen LogP contribution in [0.2, 0.25) is 0 Å². The van der Waals surface area contributed by atoms with Crippen molar-refractivity contribution in [2.24, 2.45) is 0 Å². The summed E-state index contributed by atoms with van der Waals surface area (Å²) in [4.78, 5) is 39.9. The van der Waals surface area contributed by atoms with Gasteiger partial charge >= 0.3 is 5.97 Å². The molecule has 0 saturated carbocycles. The Hall–Kier alpha value is -3.13. The van der Waals surface area contributed by atoms with Crippen LogP contribution in [0, 0.1) is 13.8 Å². The van der Waals surface area contributed by atoms with Crippen molar-refractivity contribution < 1.29 is 19.1 Å². The van der Waals surface area contributed by atoms with Crippen molar-refractivity contribution in [2.45, 2.75) is 26.9 Å². The summed E-state index contributed by atoms with van der Waals surface area (Å²) in [7, 11) is 0. The number of anilines is 1. The fraction of sp³-hybridized carbons (Fsp3) is 0.227. The summed E-state index contributed by atoms with van der Waals surface area (Å²) in [5, 5.41) is 6.12. The normalized spacial score (nSPS) is 11.7. The third-order valence-electron chi connectivity index (χ3n) is 4.67. The predicted octanol–water partition coefficient (Wildman–Crippen LogP) is 3.85. The summed E-state index contributed by atoms with van der Waals surface area (Å²) in [5.41, 5.74) is 3.59. The van der Waals surface area contributed by atoms with Crippen molar-refractivity contribution in [2.75, 3.05) is 11.9 Å². The van der Waals surface area contributed by atoms with Crippen LogP contribution in [0.25, 0.3) is 10.9 Å². The smallest absolute Gasteiger partial charge is 0.356 e. The lowest BCUT2D eigenvalue weighted by Crippen LogP contribution is -2.40. The van der Waals surface area contributed by atoms with E-state index in [2.05, 4.69) is 31.5 Å². The molecule has 1 heterocycles. The summed E-state index contributed by atoms with van der Waals surface area (Å²) in [6.07, 6.45) is -1.07. The Morgan fingerprint density at radius 1 is 1.07 bits per heavy atom. The predicted molar refractivity (Wildman–Crippen MR) is 118 cm³/mol. The van der Waals surface area contributed by atoms with E-state index in [4.69, 9.17) is 4.74 Å². The first-order valence-corrected chi connectivity index (χ1v) is 10.2. The second kappa shape index (κ2) is 9.13. The number of halogens is 1. The number of benzene rings is 2. The van der Waals surface area contributed by atoms with Crippen LogP contribution >= 0.6 is 15.9 Å². The lowest BCUT2D eigenvalue weighted by atomic mass is 10.1. The number of H-pyrrole nitrogens is 1. The fourth-order valence-corrected chi connectivity index (χ4v) is 3.63. The standard InChI is InChI=1S/C22H22BrN3O4/c1-12-7-6-8-13(2)19(12)26-17(27)11-24-21(28)14(3)30-22(29)20-18(23)15-9-4-5-10-16(15)25-20/h4-10,14,25H,11H2,1-3H3,(H,24,28)(H,26,27). The highest BCUT2D eigenvalue weighted by Crippen LogP contribution is 2.28. The fourth-order valence-electron chi connectivity index (χ4n) is 3.03. The van der Waals surface area contributed by atoms with Crippen LogP contribution in [0.3, 0.4) is 0 Å². The number of rotatable bonds is 6. The minimum Gasteiger partial charge on any atom is -0.448 e. The second-order valence-corrected chi connectivity index (χ2v) is 7.73. The Morgan fingerprint density at radius 3 is 2.40 bits per heavy atom. The molecule has 2 aromatic carbocycles. The Morgan fingerprint density at radius 2 is 1.73 bits per heavy atom. The van der Waals surface area contributed by atoms with Crippen LogP contribution < -0.4 is 10.6 Å². The van der Waals surface area contributed by atoms with E-state index in [9.17, 15) is 14.4 Å². The molecule has 30 heavy (non-hydrogen) atoms. The van der Waals surface area contributed by atoms with Crippen LogP contribution in [0.1, 0.15) is 28.5 Å². The lowest BCUT2D eigenvalue weighted by molar-refractivity contribution is -0.130. The molecule has 156 valence electrons. The van der Waals surface area contributed by atoms with E-state index in [0.29, 0.717) is 4.47 Å². The number of ether oxygens (including phenoxy) is 1. The van der Waals surface area contributed by atoms with E-state index in [-0.39, 0.29) is 18.1 Å². The second-order valence-electron chi connectivity index (χ2n) is 6.94. The largest absolute Gasteiger partial charge is 0.448 e. The molecule has 1 aromatic heterocycles. The summed E-state index contributed by atoms with van der Waals surface area (Å²) in [5.74, 6) is -1.59. The van der Waals surface area contributed by atoms with Gasteiger partial charge in [-0.1, -0.05) is 36.4 Å². The monoisotopic (exact) mass is 471 g/mol. The maximum absolute atomic E-state index is 12.5. The molecule has 1 atom stereocenters. The van der Waals surface area contributed by atoms with Gasteiger partial charge in [-0.15, -0.1) is 0 Å². The molecule has 0 saturated heterocycles. The molecule has 0 bridgehead atoms. The number of hydrogen-bond donors (Lipinski definition) is 3. The number of amides is 2. The van der Waals surface area contributed by atoms with Gasteiger partial charge in [-0.3, -0.25) is 9.59 Å². The third kappa shape index (κ3) is 4.71. The van der Waals surface area contributed by atoms with Gasteiger partial charge in [0.25, 0.3) is 5.91 Å². The summed E-state index contributed by atoms with van der Waals surface area (Å²) in [6, 6.07) is 13.1. The number of carbonyl (C=O) groups is 3. The molecule has 0 fully saturated rings. The quantitative estimate of drug-likeness (QED) is 0.475. The average Bonchev–Trinajstić information content (AvgIpc) is 3.06. The van der Waals surface area contributed by atoms with Gasteiger partial charge in [-0.2, -0.15) is 0 Å². The molecule has 0 aliphatic carbocycles. The minimum absolute atomic E-state index is 0.226. The highest BCUT2D eigenvalue weighted by molar-refractivity contribution is 9.10. The maximum Gasteiger partial charge on any atom is 0.356 e. The van der Waals surface area contributed by atoms with Crippen LogP contribution in [0.5, 0.6) is 0 Å². The van der Waals surface area contributed by atoms with Gasteiger partial charge < -0.3 is 20.4 Å². The summed E-state index contributed by atoms with van der Waals surface area (Å²) in [6.45, 7) is 5.01. The first kappa shape index (κ1) is 21.6. The number of aromatic nitrogens is 1. The number of aryl methyl sites for hydroxylation is 2. The zero-order chi connectivity index (χ0) is 21.8. The number of para-hydroxylation sites is 2. The lowest BCUT2D eigenvalue weighted by Gasteiger charge is -2.14. The van der Waals surface area contributed by atoms with Gasteiger partial charge in [0.1, 0.15) is 5.69 Å². The first-order valence-electron chi connectivity index (χ1n) is 9.39. The third-order valence-corrected chi connectivity index (χ3v) is 5.49. The van der Waals surface area contributed by atoms with Crippen LogP contribution in [-0.2, 0) is 14.3 Å². The first-order chi connectivity index (χ1) is 14.3. The highest BCUT2D eigenvalue weighted by Gasteiger charge is 2.23. The highest BCUT2D eigenvalue weighted by atomic mass is 79.9. The molecule has 3 aromatic rings. The van der Waals surface area contributed by atoms with Crippen LogP contribution in [-0.4, -0.2) is 35.4 Å². The van der Waals surface area contributed by atoms with Gasteiger partial charge in [-0.05, 0) is 53.9 Å². The van der Waals surface area contributed by atoms with Gasteiger partial charge in [0.05, 0.1) is 11.0 Å². The molecular weight excluding hydrogens is 450 g/mol. The van der Waals surface area contributed by atoms with Crippen LogP contribution in [0.15, 0.2) is 46.9 Å². The SMILES string of the molecule is Cc1cccc(C)c1NC(=O)CNC(=O)C(C)OC(=O)c1[nH]c2ccccc2c1Br. The van der Waals surface area contributed by atoms with E-state index in [1.54, 1.807) is 0 Å². The molecule has 3 rings (SSSR count). The molecule has 1 unspecified atom stereocenters. The van der Waals surface area contributed by atoms with Crippen molar-refractivity contribution >= 4 is 50.3 Å². The van der Waals surface area contributed by atoms with E-state index in [1.807, 2.05) is 56.3 Å². The molecule has 2 amide bonds. The Balaban J connectivity index is 1.56. The van der Waals surface area contributed by atoms with E-state index in [1.165, 1.54) is 6.92 Å². The zero-order valence-electron chi connectivity index (χ0n) is 16.8. The number of esters is 1. The van der Waals surface area contributed by atoms with Gasteiger partial charge in [0.2, 0.25) is 5.91 Å². The average molecular weight is 472 g/mol. The molecule has 0 aliphatic heterocycles. The van der Waals surface area contributed by atoms with Crippen molar-refractivity contribution in [1.82, 2.24) is 10.3 Å². The molecule has 0 radical (unpaired) electrons. The molecular formula is C22H22BrN3O4. The number of carbonyl (C=O) groups excluding carboxylic acids is 3.